The van der Waals surface area contributed by atoms with Crippen LogP contribution in [0.25, 0.3) is 0 Å². The molecule has 0 N–H and O–H groups in total. The molecule has 2 aliphatic heterocycles. The van der Waals surface area contributed by atoms with Crippen LogP contribution in [0.5, 0.6) is 0 Å². The summed E-state index contributed by atoms with van der Waals surface area (Å²) in [5, 5.41) is 0. The number of ether oxygens (including phenoxy) is 1. The third-order valence-corrected chi connectivity index (χ3v) is 4.48. The second kappa shape index (κ2) is 4.33. The average Bonchev–Trinajstić information content (AvgIpc) is 2.59. The number of carbonyl (C=O) groups is 1. The second-order valence-corrected chi connectivity index (χ2v) is 6.39. The van der Waals surface area contributed by atoms with Crippen LogP contribution in [-0.2, 0) is 20.5 Å². The van der Waals surface area contributed by atoms with Gasteiger partial charge in [0.15, 0.2) is 0 Å². The van der Waals surface area contributed by atoms with Crippen LogP contribution in [0, 0.1) is 0 Å². The Hall–Kier alpha value is -1.33. The molecule has 0 amide bonds. The van der Waals surface area contributed by atoms with Crippen molar-refractivity contribution in [1.29, 1.82) is 0 Å². The molecule has 2 aliphatic rings. The van der Waals surface area contributed by atoms with Crippen LogP contribution in [0.4, 0.5) is 0 Å². The molecule has 0 aromatic heterocycles. The van der Waals surface area contributed by atoms with Crippen molar-refractivity contribution in [3.63, 3.8) is 0 Å². The zero-order valence-corrected chi connectivity index (χ0v) is 12.4. The lowest BCUT2D eigenvalue weighted by atomic mass is 9.77. The second-order valence-electron chi connectivity index (χ2n) is 6.39. The molecule has 0 spiro atoms. The van der Waals surface area contributed by atoms with Gasteiger partial charge in [0.1, 0.15) is 0 Å². The van der Waals surface area contributed by atoms with E-state index in [1.165, 1.54) is 0 Å². The zero-order chi connectivity index (χ0) is 14.5. The summed E-state index contributed by atoms with van der Waals surface area (Å²) in [5.41, 5.74) is 1.76. The molecule has 0 aliphatic carbocycles. The van der Waals surface area contributed by atoms with Crippen LogP contribution in [0.3, 0.4) is 0 Å². The molecule has 3 rings (SSSR count). The number of esters is 1. The van der Waals surface area contributed by atoms with Crippen molar-refractivity contribution in [3.8, 4) is 0 Å². The van der Waals surface area contributed by atoms with Crippen LogP contribution < -0.4 is 5.46 Å². The number of fused-ring (bicyclic) bond motifs is 1. The maximum Gasteiger partial charge on any atom is 0.494 e. The molecule has 0 radical (unpaired) electrons. The first kappa shape index (κ1) is 13.6. The van der Waals surface area contributed by atoms with Gasteiger partial charge < -0.3 is 14.0 Å². The predicted molar refractivity (Wildman–Crippen MR) is 76.1 cm³/mol. The highest BCUT2D eigenvalue weighted by Gasteiger charge is 2.51. The smallest absolute Gasteiger partial charge is 0.462 e. The average molecular weight is 274 g/mol. The van der Waals surface area contributed by atoms with Gasteiger partial charge in [-0.3, -0.25) is 0 Å². The van der Waals surface area contributed by atoms with E-state index in [4.69, 9.17) is 14.0 Å². The maximum atomic E-state index is 11.8. The summed E-state index contributed by atoms with van der Waals surface area (Å²) in [6, 6.07) is 5.77. The molecule has 2 heterocycles. The monoisotopic (exact) mass is 274 g/mol. The lowest BCUT2D eigenvalue weighted by Crippen LogP contribution is -2.41. The number of hydrogen-bond acceptors (Lipinski definition) is 4. The standard InChI is InChI=1S/C15H19BO4/c1-14(2)15(3,4)20-16(19-14)11-6-5-10-7-8-18-13(17)12(10)9-11/h5-6,9H,7-8H2,1-4H3. The molecule has 5 heteroatoms. The van der Waals surface area contributed by atoms with E-state index in [0.29, 0.717) is 12.2 Å². The summed E-state index contributed by atoms with van der Waals surface area (Å²) in [4.78, 5) is 11.8. The van der Waals surface area contributed by atoms with Gasteiger partial charge in [0.25, 0.3) is 0 Å². The van der Waals surface area contributed by atoms with E-state index in [-0.39, 0.29) is 17.2 Å². The van der Waals surface area contributed by atoms with Gasteiger partial charge in [0.05, 0.1) is 23.4 Å². The van der Waals surface area contributed by atoms with Gasteiger partial charge in [0, 0.05) is 6.42 Å². The topological polar surface area (TPSA) is 44.8 Å². The Kier molecular flexibility index (Phi) is 2.96. The van der Waals surface area contributed by atoms with Crippen molar-refractivity contribution >= 4 is 18.6 Å². The van der Waals surface area contributed by atoms with Crippen molar-refractivity contribution in [3.05, 3.63) is 29.3 Å². The lowest BCUT2D eigenvalue weighted by Gasteiger charge is -2.32. The first-order chi connectivity index (χ1) is 9.30. The van der Waals surface area contributed by atoms with Gasteiger partial charge in [-0.25, -0.2) is 4.79 Å². The van der Waals surface area contributed by atoms with E-state index in [2.05, 4.69) is 0 Å². The van der Waals surface area contributed by atoms with Gasteiger partial charge in [-0.1, -0.05) is 12.1 Å². The summed E-state index contributed by atoms with van der Waals surface area (Å²) < 4.78 is 17.1. The van der Waals surface area contributed by atoms with Crippen molar-refractivity contribution in [2.45, 2.75) is 45.3 Å². The summed E-state index contributed by atoms with van der Waals surface area (Å²) in [7, 11) is -0.444. The fraction of sp³-hybridized carbons (Fsp3) is 0.533. The fourth-order valence-corrected chi connectivity index (χ4v) is 2.46. The Morgan fingerprint density at radius 2 is 1.75 bits per heavy atom. The van der Waals surface area contributed by atoms with Crippen molar-refractivity contribution in [2.24, 2.45) is 0 Å². The van der Waals surface area contributed by atoms with E-state index in [9.17, 15) is 4.79 Å². The minimum absolute atomic E-state index is 0.260. The Bertz CT molecular complexity index is 549. The minimum atomic E-state index is -0.444. The van der Waals surface area contributed by atoms with E-state index in [1.54, 1.807) is 0 Å². The van der Waals surface area contributed by atoms with Gasteiger partial charge in [-0.2, -0.15) is 0 Å². The molecular formula is C15H19BO4. The predicted octanol–water partition coefficient (Wildman–Crippen LogP) is 1.70. The molecule has 20 heavy (non-hydrogen) atoms. The minimum Gasteiger partial charge on any atom is -0.462 e. The molecule has 1 saturated heterocycles. The van der Waals surface area contributed by atoms with Gasteiger partial charge in [-0.05, 0) is 44.8 Å². The molecular weight excluding hydrogens is 255 g/mol. The van der Waals surface area contributed by atoms with E-state index in [1.807, 2.05) is 45.9 Å². The van der Waals surface area contributed by atoms with Crippen molar-refractivity contribution < 1.29 is 18.8 Å². The largest absolute Gasteiger partial charge is 0.494 e. The highest BCUT2D eigenvalue weighted by Crippen LogP contribution is 2.36. The van der Waals surface area contributed by atoms with Crippen molar-refractivity contribution in [2.75, 3.05) is 6.61 Å². The molecule has 4 nitrogen and oxygen atoms in total. The number of rotatable bonds is 1. The molecule has 0 atom stereocenters. The van der Waals surface area contributed by atoms with E-state index < -0.39 is 7.12 Å². The first-order valence-corrected chi connectivity index (χ1v) is 6.96. The molecule has 106 valence electrons. The summed E-state index contributed by atoms with van der Waals surface area (Å²) in [5.74, 6) is -0.260. The van der Waals surface area contributed by atoms with Crippen LogP contribution in [0.1, 0.15) is 43.6 Å². The SMILES string of the molecule is CC1(C)OB(c2ccc3c(c2)C(=O)OCC3)OC1(C)C. The van der Waals surface area contributed by atoms with Crippen LogP contribution in [0.2, 0.25) is 0 Å². The third-order valence-electron chi connectivity index (χ3n) is 4.48. The Balaban J connectivity index is 1.93. The first-order valence-electron chi connectivity index (χ1n) is 6.96. The number of hydrogen-bond donors (Lipinski definition) is 0. The summed E-state index contributed by atoms with van der Waals surface area (Å²) in [6.07, 6.45) is 0.769. The van der Waals surface area contributed by atoms with E-state index in [0.717, 1.165) is 17.4 Å². The molecule has 0 saturated carbocycles. The van der Waals surface area contributed by atoms with Crippen LogP contribution in [-0.4, -0.2) is 30.9 Å². The van der Waals surface area contributed by atoms with Crippen LogP contribution in [0.15, 0.2) is 18.2 Å². The summed E-state index contributed by atoms with van der Waals surface area (Å²) >= 11 is 0. The molecule has 1 aromatic carbocycles. The molecule has 1 aromatic rings. The Labute approximate surface area is 119 Å². The number of benzene rings is 1. The number of carbonyl (C=O) groups excluding carboxylic acids is 1. The van der Waals surface area contributed by atoms with Gasteiger partial charge >= 0.3 is 13.1 Å². The number of cyclic esters (lactones) is 1. The molecule has 1 fully saturated rings. The van der Waals surface area contributed by atoms with Crippen LogP contribution >= 0.6 is 0 Å². The summed E-state index contributed by atoms with van der Waals surface area (Å²) in [6.45, 7) is 8.51. The third kappa shape index (κ3) is 2.05. The normalized spacial score (nSPS) is 23.4. The van der Waals surface area contributed by atoms with Gasteiger partial charge in [0.2, 0.25) is 0 Å². The Morgan fingerprint density at radius 1 is 1.10 bits per heavy atom. The highest BCUT2D eigenvalue weighted by atomic mass is 16.7. The molecule has 0 unspecified atom stereocenters. The maximum absolute atomic E-state index is 11.8. The van der Waals surface area contributed by atoms with Gasteiger partial charge in [-0.15, -0.1) is 0 Å². The highest BCUT2D eigenvalue weighted by molar-refractivity contribution is 6.62. The lowest BCUT2D eigenvalue weighted by molar-refractivity contribution is 0.00578. The van der Waals surface area contributed by atoms with Crippen molar-refractivity contribution in [1.82, 2.24) is 0 Å². The zero-order valence-electron chi connectivity index (χ0n) is 12.4. The fourth-order valence-electron chi connectivity index (χ4n) is 2.46. The Morgan fingerprint density at radius 3 is 2.40 bits per heavy atom. The molecule has 0 bridgehead atoms. The quantitative estimate of drug-likeness (QED) is 0.577. The van der Waals surface area contributed by atoms with E-state index >= 15 is 0 Å².